The van der Waals surface area contributed by atoms with E-state index in [1.807, 2.05) is 25.4 Å². The van der Waals surface area contributed by atoms with Crippen LogP contribution in [0.3, 0.4) is 0 Å². The highest BCUT2D eigenvalue weighted by atomic mass is 16.5. The largest absolute Gasteiger partial charge is 0.492 e. The number of anilines is 1. The summed E-state index contributed by atoms with van der Waals surface area (Å²) >= 11 is 0. The highest BCUT2D eigenvalue weighted by molar-refractivity contribution is 5.85. The molecular weight excluding hydrogens is 412 g/mol. The predicted molar refractivity (Wildman–Crippen MR) is 130 cm³/mol. The second-order valence-electron chi connectivity index (χ2n) is 9.73. The Morgan fingerprint density at radius 1 is 1.18 bits per heavy atom. The number of likely N-dealkylation sites (tertiary alicyclic amines) is 1. The molecule has 1 atom stereocenters. The van der Waals surface area contributed by atoms with Crippen molar-refractivity contribution in [1.82, 2.24) is 19.5 Å². The van der Waals surface area contributed by atoms with Gasteiger partial charge in [-0.25, -0.2) is 9.50 Å². The molecule has 33 heavy (non-hydrogen) atoms. The van der Waals surface area contributed by atoms with Crippen LogP contribution in [0.15, 0.2) is 36.8 Å². The lowest BCUT2D eigenvalue weighted by atomic mass is 9.79. The maximum absolute atomic E-state index is 9.57. The SMILES string of the molecule is CCOc1cc(-c2ccc(N3CCC4(CCCN(C(C)C)C4)C3)nc2)c2c(C#N)cnn2c1. The lowest BCUT2D eigenvalue weighted by molar-refractivity contribution is 0.0806. The van der Waals surface area contributed by atoms with Crippen LogP contribution in [0, 0.1) is 16.7 Å². The Morgan fingerprint density at radius 2 is 2.06 bits per heavy atom. The molecule has 7 nitrogen and oxygen atoms in total. The Morgan fingerprint density at radius 3 is 2.79 bits per heavy atom. The lowest BCUT2D eigenvalue weighted by Gasteiger charge is -2.42. The number of nitrogens with zero attached hydrogens (tertiary/aromatic N) is 6. The number of piperidine rings is 1. The topological polar surface area (TPSA) is 69.7 Å². The molecule has 2 saturated heterocycles. The van der Waals surface area contributed by atoms with Crippen molar-refractivity contribution in [2.75, 3.05) is 37.7 Å². The highest BCUT2D eigenvalue weighted by Gasteiger charge is 2.42. The number of hydrogen-bond acceptors (Lipinski definition) is 6. The van der Waals surface area contributed by atoms with Crippen LogP contribution < -0.4 is 9.64 Å². The molecule has 3 aromatic rings. The smallest absolute Gasteiger partial charge is 0.138 e. The molecule has 2 aliphatic heterocycles. The maximum atomic E-state index is 9.57. The van der Waals surface area contributed by atoms with E-state index >= 15 is 0 Å². The van der Waals surface area contributed by atoms with Gasteiger partial charge in [-0.3, -0.25) is 0 Å². The summed E-state index contributed by atoms with van der Waals surface area (Å²) in [6.07, 6.45) is 9.17. The van der Waals surface area contributed by atoms with Crippen molar-refractivity contribution in [3.05, 3.63) is 42.4 Å². The minimum atomic E-state index is 0.389. The Balaban J connectivity index is 1.41. The molecule has 7 heteroatoms. The molecule has 0 aromatic carbocycles. The summed E-state index contributed by atoms with van der Waals surface area (Å²) in [7, 11) is 0. The van der Waals surface area contributed by atoms with Crippen LogP contribution in [0.2, 0.25) is 0 Å². The Hall–Kier alpha value is -3.11. The summed E-state index contributed by atoms with van der Waals surface area (Å²) < 4.78 is 7.46. The fraction of sp³-hybridized carbons (Fsp3) is 0.500. The van der Waals surface area contributed by atoms with Gasteiger partial charge in [0.15, 0.2) is 0 Å². The maximum Gasteiger partial charge on any atom is 0.138 e. The average molecular weight is 445 g/mol. The van der Waals surface area contributed by atoms with Crippen LogP contribution in [0.5, 0.6) is 5.75 Å². The van der Waals surface area contributed by atoms with E-state index < -0.39 is 0 Å². The summed E-state index contributed by atoms with van der Waals surface area (Å²) in [5, 5.41) is 13.9. The van der Waals surface area contributed by atoms with E-state index in [9.17, 15) is 5.26 Å². The van der Waals surface area contributed by atoms with Gasteiger partial charge in [-0.05, 0) is 64.8 Å². The molecule has 172 valence electrons. The van der Waals surface area contributed by atoms with Gasteiger partial charge < -0.3 is 14.5 Å². The van der Waals surface area contributed by atoms with Gasteiger partial charge in [-0.2, -0.15) is 10.4 Å². The first-order chi connectivity index (χ1) is 16.0. The van der Waals surface area contributed by atoms with Crippen LogP contribution in [-0.2, 0) is 0 Å². The van der Waals surface area contributed by atoms with Crippen molar-refractivity contribution in [2.24, 2.45) is 5.41 Å². The molecule has 5 heterocycles. The van der Waals surface area contributed by atoms with E-state index in [1.165, 1.54) is 32.4 Å². The van der Waals surface area contributed by atoms with Gasteiger partial charge in [0.2, 0.25) is 0 Å². The first-order valence-electron chi connectivity index (χ1n) is 12.0. The summed E-state index contributed by atoms with van der Waals surface area (Å²) in [4.78, 5) is 9.93. The van der Waals surface area contributed by atoms with Crippen molar-refractivity contribution in [1.29, 1.82) is 5.26 Å². The van der Waals surface area contributed by atoms with Crippen LogP contribution in [0.4, 0.5) is 5.82 Å². The molecule has 0 bridgehead atoms. The summed E-state index contributed by atoms with van der Waals surface area (Å²) in [5.74, 6) is 1.76. The number of fused-ring (bicyclic) bond motifs is 1. The van der Waals surface area contributed by atoms with Crippen LogP contribution in [0.25, 0.3) is 16.6 Å². The van der Waals surface area contributed by atoms with E-state index in [-0.39, 0.29) is 0 Å². The molecule has 0 radical (unpaired) electrons. The van der Waals surface area contributed by atoms with Gasteiger partial charge in [0.1, 0.15) is 17.6 Å². The molecule has 1 spiro atoms. The van der Waals surface area contributed by atoms with Crippen molar-refractivity contribution < 1.29 is 4.74 Å². The molecule has 1 unspecified atom stereocenters. The average Bonchev–Trinajstić information content (AvgIpc) is 3.43. The van der Waals surface area contributed by atoms with Gasteiger partial charge in [-0.15, -0.1) is 0 Å². The summed E-state index contributed by atoms with van der Waals surface area (Å²) in [5.41, 5.74) is 3.59. The summed E-state index contributed by atoms with van der Waals surface area (Å²) in [6.45, 7) is 11.7. The molecule has 0 amide bonds. The zero-order chi connectivity index (χ0) is 23.0. The number of aromatic nitrogens is 3. The second kappa shape index (κ2) is 8.68. The molecule has 5 rings (SSSR count). The zero-order valence-electron chi connectivity index (χ0n) is 19.8. The summed E-state index contributed by atoms with van der Waals surface area (Å²) in [6, 6.07) is 9.06. The minimum Gasteiger partial charge on any atom is -0.492 e. The lowest BCUT2D eigenvalue weighted by Crippen LogP contribution is -2.47. The van der Waals surface area contributed by atoms with Gasteiger partial charge in [0.25, 0.3) is 0 Å². The van der Waals surface area contributed by atoms with Crippen LogP contribution in [0.1, 0.15) is 45.6 Å². The van der Waals surface area contributed by atoms with E-state index in [4.69, 9.17) is 9.72 Å². The first kappa shape index (κ1) is 21.7. The van der Waals surface area contributed by atoms with Crippen molar-refractivity contribution in [3.8, 4) is 22.9 Å². The monoisotopic (exact) mass is 444 g/mol. The molecule has 2 fully saturated rings. The quantitative estimate of drug-likeness (QED) is 0.582. The van der Waals surface area contributed by atoms with Gasteiger partial charge >= 0.3 is 0 Å². The number of nitriles is 1. The van der Waals surface area contributed by atoms with E-state index in [0.29, 0.717) is 23.6 Å². The van der Waals surface area contributed by atoms with E-state index in [0.717, 1.165) is 41.3 Å². The van der Waals surface area contributed by atoms with Gasteiger partial charge in [-0.1, -0.05) is 0 Å². The van der Waals surface area contributed by atoms with Crippen LogP contribution >= 0.6 is 0 Å². The fourth-order valence-electron chi connectivity index (χ4n) is 5.53. The van der Waals surface area contributed by atoms with Crippen LogP contribution in [-0.4, -0.2) is 58.3 Å². The predicted octanol–water partition coefficient (Wildman–Crippen LogP) is 4.37. The molecule has 0 aliphatic carbocycles. The van der Waals surface area contributed by atoms with E-state index in [2.05, 4.69) is 46.9 Å². The Labute approximate surface area is 195 Å². The first-order valence-corrected chi connectivity index (χ1v) is 12.0. The third-order valence-electron chi connectivity index (χ3n) is 7.26. The van der Waals surface area contributed by atoms with E-state index in [1.54, 1.807) is 10.7 Å². The fourth-order valence-corrected chi connectivity index (χ4v) is 5.53. The number of pyridine rings is 2. The number of rotatable bonds is 5. The molecular formula is C26H32N6O. The molecule has 3 aromatic heterocycles. The second-order valence-corrected chi connectivity index (χ2v) is 9.73. The van der Waals surface area contributed by atoms with Crippen molar-refractivity contribution >= 4 is 11.3 Å². The van der Waals surface area contributed by atoms with Crippen molar-refractivity contribution in [3.63, 3.8) is 0 Å². The number of hydrogen-bond donors (Lipinski definition) is 0. The normalized spacial score (nSPS) is 21.2. The standard InChI is InChI=1S/C26H32N6O/c1-4-33-22-12-23(25-21(13-27)15-29-32(25)16-22)20-6-7-24(28-14-20)31-11-9-26(18-31)8-5-10-30(17-26)19(2)3/h6-7,12,14-16,19H,4-5,8-11,17-18H2,1-3H3. The number of ether oxygens (including phenoxy) is 1. The minimum absolute atomic E-state index is 0.389. The third kappa shape index (κ3) is 4.04. The molecule has 2 aliphatic rings. The Bertz CT molecular complexity index is 1180. The Kier molecular flexibility index (Phi) is 5.71. The van der Waals surface area contributed by atoms with Gasteiger partial charge in [0.05, 0.1) is 30.1 Å². The third-order valence-corrected chi connectivity index (χ3v) is 7.26. The molecule has 0 N–H and O–H groups in total. The highest BCUT2D eigenvalue weighted by Crippen LogP contribution is 2.41. The van der Waals surface area contributed by atoms with Crippen molar-refractivity contribution in [2.45, 2.75) is 46.1 Å². The zero-order valence-corrected chi connectivity index (χ0v) is 19.8. The van der Waals surface area contributed by atoms with Gasteiger partial charge in [0, 0.05) is 48.4 Å². The molecule has 0 saturated carbocycles.